The second kappa shape index (κ2) is 9.56. The highest BCUT2D eigenvalue weighted by Gasteiger charge is 2.23. The van der Waals surface area contributed by atoms with Crippen molar-refractivity contribution < 1.29 is 12.8 Å². The fourth-order valence-corrected chi connectivity index (χ4v) is 6.08. The first-order valence-corrected chi connectivity index (χ1v) is 12.7. The van der Waals surface area contributed by atoms with Gasteiger partial charge in [-0.25, -0.2) is 22.2 Å². The molecule has 0 spiro atoms. The second-order valence-corrected chi connectivity index (χ2v) is 10.3. The van der Waals surface area contributed by atoms with E-state index < -0.39 is 10.0 Å². The van der Waals surface area contributed by atoms with Crippen LogP contribution in [0.15, 0.2) is 65.7 Å². The number of fused-ring (bicyclic) bond motifs is 1. The van der Waals surface area contributed by atoms with Crippen molar-refractivity contribution in [2.75, 3.05) is 11.9 Å². The van der Waals surface area contributed by atoms with Crippen molar-refractivity contribution in [2.45, 2.75) is 45.1 Å². The zero-order valence-corrected chi connectivity index (χ0v) is 20.6. The molecule has 4 rings (SSSR count). The molecule has 6 nitrogen and oxygen atoms in total. The fraction of sp³-hybridized carbons (Fsp3) is 0.269. The van der Waals surface area contributed by atoms with Crippen LogP contribution in [-0.2, 0) is 10.0 Å². The van der Waals surface area contributed by atoms with Crippen LogP contribution >= 0.6 is 0 Å². The van der Waals surface area contributed by atoms with Gasteiger partial charge in [0, 0.05) is 23.7 Å². The summed E-state index contributed by atoms with van der Waals surface area (Å²) in [5.74, 6) is -0.291. The molecule has 4 aromatic rings. The third kappa shape index (κ3) is 4.98. The Morgan fingerprint density at radius 3 is 2.32 bits per heavy atom. The van der Waals surface area contributed by atoms with Crippen molar-refractivity contribution in [3.8, 4) is 5.69 Å². The number of aryl methyl sites for hydroxylation is 3. The standard InChI is InChI=1S/C26H29FN4O2S/c1-5-22(30-34(32,33)26-18(3)12-17(2)13-19(26)4)16-28-23-8-11-25-20(14-23)15-29-31(25)24-9-6-21(27)7-10-24/h6-15,22,28,30H,5,16H2,1-4H3/t22-/m0/s1. The Kier molecular flexibility index (Phi) is 6.72. The van der Waals surface area contributed by atoms with Crippen molar-refractivity contribution in [3.63, 3.8) is 0 Å². The summed E-state index contributed by atoms with van der Waals surface area (Å²) in [6, 6.07) is 15.5. The molecule has 8 heteroatoms. The molecule has 1 atom stereocenters. The van der Waals surface area contributed by atoms with Crippen LogP contribution in [-0.4, -0.2) is 30.8 Å². The molecule has 0 saturated carbocycles. The van der Waals surface area contributed by atoms with Crippen molar-refractivity contribution in [1.82, 2.24) is 14.5 Å². The number of rotatable bonds is 8. The monoisotopic (exact) mass is 480 g/mol. The lowest BCUT2D eigenvalue weighted by molar-refractivity contribution is 0.547. The number of sulfonamides is 1. The van der Waals surface area contributed by atoms with E-state index in [0.29, 0.717) is 17.9 Å². The Morgan fingerprint density at radius 1 is 1.00 bits per heavy atom. The number of benzene rings is 3. The topological polar surface area (TPSA) is 76.0 Å². The molecule has 0 saturated heterocycles. The average molecular weight is 481 g/mol. The third-order valence-electron chi connectivity index (χ3n) is 5.88. The van der Waals surface area contributed by atoms with Crippen LogP contribution < -0.4 is 10.0 Å². The molecule has 178 valence electrons. The molecule has 2 N–H and O–H groups in total. The van der Waals surface area contributed by atoms with Crippen LogP contribution in [0.5, 0.6) is 0 Å². The Balaban J connectivity index is 1.48. The minimum absolute atomic E-state index is 0.275. The summed E-state index contributed by atoms with van der Waals surface area (Å²) in [4.78, 5) is 0.353. The third-order valence-corrected chi connectivity index (χ3v) is 7.70. The Bertz CT molecular complexity index is 1410. The van der Waals surface area contributed by atoms with E-state index in [-0.39, 0.29) is 11.9 Å². The van der Waals surface area contributed by atoms with Gasteiger partial charge in [0.25, 0.3) is 0 Å². The summed E-state index contributed by atoms with van der Waals surface area (Å²) in [7, 11) is -3.65. The van der Waals surface area contributed by atoms with Crippen molar-refractivity contribution in [2.24, 2.45) is 0 Å². The lowest BCUT2D eigenvalue weighted by atomic mass is 10.1. The van der Waals surface area contributed by atoms with Gasteiger partial charge in [-0.3, -0.25) is 0 Å². The zero-order chi connectivity index (χ0) is 24.5. The highest BCUT2D eigenvalue weighted by Crippen LogP contribution is 2.24. The summed E-state index contributed by atoms with van der Waals surface area (Å²) in [6.07, 6.45) is 2.40. The molecular formula is C26H29FN4O2S. The summed E-state index contributed by atoms with van der Waals surface area (Å²) < 4.78 is 44.1. The average Bonchev–Trinajstić information content (AvgIpc) is 3.19. The van der Waals surface area contributed by atoms with Gasteiger partial charge in [0.15, 0.2) is 0 Å². The molecular weight excluding hydrogens is 451 g/mol. The summed E-state index contributed by atoms with van der Waals surface area (Å²) >= 11 is 0. The predicted molar refractivity (Wildman–Crippen MR) is 135 cm³/mol. The van der Waals surface area contributed by atoms with E-state index in [4.69, 9.17) is 0 Å². The second-order valence-electron chi connectivity index (χ2n) is 8.64. The van der Waals surface area contributed by atoms with E-state index in [1.54, 1.807) is 23.0 Å². The highest BCUT2D eigenvalue weighted by molar-refractivity contribution is 7.89. The largest absolute Gasteiger partial charge is 0.383 e. The number of anilines is 1. The molecule has 1 heterocycles. The van der Waals surface area contributed by atoms with Crippen LogP contribution in [0, 0.1) is 26.6 Å². The smallest absolute Gasteiger partial charge is 0.241 e. The van der Waals surface area contributed by atoms with E-state index in [1.807, 2.05) is 58.0 Å². The van der Waals surface area contributed by atoms with Crippen molar-refractivity contribution in [3.05, 3.63) is 83.3 Å². The van der Waals surface area contributed by atoms with Crippen LogP contribution in [0.2, 0.25) is 0 Å². The van der Waals surface area contributed by atoms with E-state index in [0.717, 1.165) is 39.0 Å². The normalized spacial score (nSPS) is 12.7. The molecule has 0 aliphatic rings. The van der Waals surface area contributed by atoms with Crippen molar-refractivity contribution >= 4 is 26.6 Å². The zero-order valence-electron chi connectivity index (χ0n) is 19.8. The van der Waals surface area contributed by atoms with Gasteiger partial charge in [0.05, 0.1) is 22.3 Å². The number of hydrogen-bond acceptors (Lipinski definition) is 4. The molecule has 0 aliphatic heterocycles. The van der Waals surface area contributed by atoms with E-state index in [9.17, 15) is 12.8 Å². The van der Waals surface area contributed by atoms with Gasteiger partial charge >= 0.3 is 0 Å². The minimum atomic E-state index is -3.65. The van der Waals surface area contributed by atoms with E-state index >= 15 is 0 Å². The molecule has 0 bridgehead atoms. The number of halogens is 1. The maximum Gasteiger partial charge on any atom is 0.241 e. The quantitative estimate of drug-likeness (QED) is 0.361. The predicted octanol–water partition coefficient (Wildman–Crippen LogP) is 5.26. The Hall–Kier alpha value is -3.23. The minimum Gasteiger partial charge on any atom is -0.383 e. The number of hydrogen-bond donors (Lipinski definition) is 2. The maximum atomic E-state index is 13.2. The van der Waals surface area contributed by atoms with Crippen molar-refractivity contribution in [1.29, 1.82) is 0 Å². The van der Waals surface area contributed by atoms with E-state index in [2.05, 4.69) is 15.1 Å². The number of aromatic nitrogens is 2. The molecule has 0 radical (unpaired) electrons. The first-order chi connectivity index (χ1) is 16.2. The fourth-order valence-electron chi connectivity index (χ4n) is 4.31. The number of nitrogens with one attached hydrogen (secondary N) is 2. The number of nitrogens with zero attached hydrogens (tertiary/aromatic N) is 2. The SMILES string of the molecule is CC[C@@H](CNc1ccc2c(cnn2-c2ccc(F)cc2)c1)NS(=O)(=O)c1c(C)cc(C)cc1C. The van der Waals surface area contributed by atoms with Gasteiger partial charge < -0.3 is 5.32 Å². The first-order valence-electron chi connectivity index (χ1n) is 11.3. The van der Waals surface area contributed by atoms with Crippen LogP contribution in [0.25, 0.3) is 16.6 Å². The van der Waals surface area contributed by atoms with Crippen LogP contribution in [0.4, 0.5) is 10.1 Å². The summed E-state index contributed by atoms with van der Waals surface area (Å²) in [5, 5.41) is 8.70. The highest BCUT2D eigenvalue weighted by atomic mass is 32.2. The van der Waals surface area contributed by atoms with Crippen LogP contribution in [0.3, 0.4) is 0 Å². The lowest BCUT2D eigenvalue weighted by Crippen LogP contribution is -2.39. The van der Waals surface area contributed by atoms with Gasteiger partial charge in [-0.1, -0.05) is 24.6 Å². The van der Waals surface area contributed by atoms with Gasteiger partial charge in [0.1, 0.15) is 5.82 Å². The summed E-state index contributed by atoms with van der Waals surface area (Å²) in [5.41, 5.74) is 5.08. The Labute approximate surface area is 199 Å². The lowest BCUT2D eigenvalue weighted by Gasteiger charge is -2.20. The van der Waals surface area contributed by atoms with Gasteiger partial charge in [-0.05, 0) is 80.8 Å². The Morgan fingerprint density at radius 2 is 1.68 bits per heavy atom. The van der Waals surface area contributed by atoms with Gasteiger partial charge in [-0.2, -0.15) is 5.10 Å². The molecule has 1 aromatic heterocycles. The molecule has 0 amide bonds. The maximum absolute atomic E-state index is 13.2. The molecule has 3 aromatic carbocycles. The first kappa shape index (κ1) is 23.9. The van der Waals surface area contributed by atoms with E-state index in [1.165, 1.54) is 12.1 Å². The van der Waals surface area contributed by atoms with Gasteiger partial charge in [-0.15, -0.1) is 0 Å². The van der Waals surface area contributed by atoms with Gasteiger partial charge in [0.2, 0.25) is 10.0 Å². The summed E-state index contributed by atoms with van der Waals surface area (Å²) in [6.45, 7) is 8.02. The molecule has 0 fully saturated rings. The van der Waals surface area contributed by atoms with Crippen LogP contribution in [0.1, 0.15) is 30.0 Å². The molecule has 0 aliphatic carbocycles. The molecule has 0 unspecified atom stereocenters. The molecule has 34 heavy (non-hydrogen) atoms.